The van der Waals surface area contributed by atoms with Crippen LogP contribution in [0.5, 0.6) is 0 Å². The van der Waals surface area contributed by atoms with E-state index in [0.29, 0.717) is 5.56 Å². The smallest absolute Gasteiger partial charge is 0.407 e. The van der Waals surface area contributed by atoms with Crippen molar-refractivity contribution in [3.05, 3.63) is 34.6 Å². The number of aromatic nitrogens is 1. The molecule has 0 fully saturated rings. The van der Waals surface area contributed by atoms with Crippen molar-refractivity contribution in [1.29, 1.82) is 0 Å². The first-order valence-electron chi connectivity index (χ1n) is 6.21. The predicted molar refractivity (Wildman–Crippen MR) is 79.5 cm³/mol. The van der Waals surface area contributed by atoms with E-state index < -0.39 is 17.7 Å². The van der Waals surface area contributed by atoms with Crippen LogP contribution in [0.4, 0.5) is 4.79 Å². The lowest BCUT2D eigenvalue weighted by Crippen LogP contribution is -2.32. The fourth-order valence-electron chi connectivity index (χ4n) is 1.36. The Labute approximate surface area is 127 Å². The Bertz CT molecular complexity index is 565. The number of pyridine rings is 1. The number of halogens is 1. The van der Waals surface area contributed by atoms with Crippen LogP contribution in [0.1, 0.15) is 36.7 Å². The number of alkyl carbamates (subject to hydrolysis) is 1. The van der Waals surface area contributed by atoms with Crippen LogP contribution in [-0.2, 0) is 4.74 Å². The first kappa shape index (κ1) is 17.0. The monoisotopic (exact) mass is 312 g/mol. The molecule has 114 valence electrons. The summed E-state index contributed by atoms with van der Waals surface area (Å²) in [5, 5.41) is 11.4. The molecule has 0 unspecified atom stereocenters. The van der Waals surface area contributed by atoms with Crippen LogP contribution in [0.15, 0.2) is 18.3 Å². The summed E-state index contributed by atoms with van der Waals surface area (Å²) in [5.41, 5.74) is -0.0497. The lowest BCUT2D eigenvalue weighted by molar-refractivity contribution is 0.0533. The fourth-order valence-corrected chi connectivity index (χ4v) is 1.54. The number of carboxylic acids is 1. The van der Waals surface area contributed by atoms with Gasteiger partial charge in [0.25, 0.3) is 0 Å². The van der Waals surface area contributed by atoms with Crippen molar-refractivity contribution < 1.29 is 19.4 Å². The van der Waals surface area contributed by atoms with E-state index in [9.17, 15) is 9.59 Å². The average Bonchev–Trinajstić information content (AvgIpc) is 2.34. The van der Waals surface area contributed by atoms with Gasteiger partial charge in [-0.2, -0.15) is 0 Å². The second kappa shape index (κ2) is 7.08. The van der Waals surface area contributed by atoms with Crippen molar-refractivity contribution in [2.45, 2.75) is 26.4 Å². The van der Waals surface area contributed by atoms with Crippen LogP contribution in [0, 0.1) is 0 Å². The molecule has 1 amide bonds. The Morgan fingerprint density at radius 1 is 1.48 bits per heavy atom. The number of hydrogen-bond acceptors (Lipinski definition) is 4. The van der Waals surface area contributed by atoms with Crippen LogP contribution < -0.4 is 5.32 Å². The molecule has 2 N–H and O–H groups in total. The molecular formula is C14H17ClN2O4. The molecule has 0 aromatic carbocycles. The number of carboxylic acid groups (broad SMARTS) is 1. The summed E-state index contributed by atoms with van der Waals surface area (Å²) >= 11 is 5.67. The molecular weight excluding hydrogens is 296 g/mol. The summed E-state index contributed by atoms with van der Waals surface area (Å²) in [7, 11) is 0. The van der Waals surface area contributed by atoms with Gasteiger partial charge in [0.2, 0.25) is 0 Å². The minimum absolute atomic E-state index is 0.0634. The molecule has 0 bridgehead atoms. The van der Waals surface area contributed by atoms with Crippen LogP contribution >= 0.6 is 11.6 Å². The van der Waals surface area contributed by atoms with Gasteiger partial charge < -0.3 is 15.2 Å². The van der Waals surface area contributed by atoms with Crippen molar-refractivity contribution in [1.82, 2.24) is 10.3 Å². The second-order valence-corrected chi connectivity index (χ2v) is 5.56. The quantitative estimate of drug-likeness (QED) is 0.834. The number of carbonyl (C=O) groups is 2. The molecule has 0 aliphatic heterocycles. The molecule has 0 atom stereocenters. The van der Waals surface area contributed by atoms with E-state index in [1.807, 2.05) is 0 Å². The molecule has 0 aliphatic carbocycles. The number of hydrogen-bond donors (Lipinski definition) is 2. The lowest BCUT2D eigenvalue weighted by Gasteiger charge is -2.19. The maximum absolute atomic E-state index is 11.4. The number of rotatable bonds is 4. The molecule has 21 heavy (non-hydrogen) atoms. The Morgan fingerprint density at radius 2 is 2.14 bits per heavy atom. The highest BCUT2D eigenvalue weighted by atomic mass is 35.5. The van der Waals surface area contributed by atoms with Gasteiger partial charge in [0, 0.05) is 12.7 Å². The van der Waals surface area contributed by atoms with Crippen molar-refractivity contribution in [3.63, 3.8) is 0 Å². The number of aromatic carboxylic acids is 1. The molecule has 1 heterocycles. The van der Waals surface area contributed by atoms with E-state index in [1.54, 1.807) is 32.9 Å². The number of amides is 1. The first-order valence-corrected chi connectivity index (χ1v) is 6.59. The Hall–Kier alpha value is -2.08. The summed E-state index contributed by atoms with van der Waals surface area (Å²) in [6, 6.07) is 1.40. The highest BCUT2D eigenvalue weighted by Crippen LogP contribution is 2.15. The number of nitrogens with zero attached hydrogens (tertiary/aromatic N) is 1. The van der Waals surface area contributed by atoms with Gasteiger partial charge in [-0.15, -0.1) is 0 Å². The minimum Gasteiger partial charge on any atom is -0.478 e. The summed E-state index contributed by atoms with van der Waals surface area (Å²) < 4.78 is 5.06. The van der Waals surface area contributed by atoms with Gasteiger partial charge >= 0.3 is 12.1 Å². The van der Waals surface area contributed by atoms with Gasteiger partial charge in [0.15, 0.2) is 0 Å². The predicted octanol–water partition coefficient (Wildman–Crippen LogP) is 2.97. The number of nitrogens with one attached hydrogen (secondary N) is 1. The van der Waals surface area contributed by atoms with Crippen molar-refractivity contribution in [2.75, 3.05) is 6.54 Å². The van der Waals surface area contributed by atoms with Crippen molar-refractivity contribution in [3.8, 4) is 0 Å². The average molecular weight is 313 g/mol. The van der Waals surface area contributed by atoms with Crippen LogP contribution in [0.3, 0.4) is 0 Å². The zero-order valence-corrected chi connectivity index (χ0v) is 12.8. The third-order valence-electron chi connectivity index (χ3n) is 2.16. The van der Waals surface area contributed by atoms with Crippen LogP contribution in [-0.4, -0.2) is 34.3 Å². The zero-order chi connectivity index (χ0) is 16.0. The highest BCUT2D eigenvalue weighted by molar-refractivity contribution is 6.32. The molecule has 6 nitrogen and oxygen atoms in total. The third-order valence-corrected chi connectivity index (χ3v) is 2.47. The van der Waals surface area contributed by atoms with E-state index in [2.05, 4.69) is 10.3 Å². The van der Waals surface area contributed by atoms with Gasteiger partial charge in [-0.25, -0.2) is 14.6 Å². The molecule has 0 saturated heterocycles. The lowest BCUT2D eigenvalue weighted by atomic mass is 10.2. The summed E-state index contributed by atoms with van der Waals surface area (Å²) in [6.45, 7) is 5.57. The van der Waals surface area contributed by atoms with E-state index in [-0.39, 0.29) is 17.3 Å². The third kappa shape index (κ3) is 6.27. The number of carbonyl (C=O) groups excluding carboxylic acids is 1. The Morgan fingerprint density at radius 3 is 2.71 bits per heavy atom. The molecule has 0 radical (unpaired) electrons. The second-order valence-electron chi connectivity index (χ2n) is 5.20. The van der Waals surface area contributed by atoms with Crippen molar-refractivity contribution in [2.24, 2.45) is 0 Å². The molecule has 7 heteroatoms. The van der Waals surface area contributed by atoms with E-state index >= 15 is 0 Å². The molecule has 1 rings (SSSR count). The Balaban J connectivity index is 2.56. The molecule has 1 aromatic heterocycles. The molecule has 0 spiro atoms. The van der Waals surface area contributed by atoms with Gasteiger partial charge in [0.05, 0.1) is 5.56 Å². The van der Waals surface area contributed by atoms with Gasteiger partial charge in [-0.3, -0.25) is 0 Å². The van der Waals surface area contributed by atoms with E-state index in [1.165, 1.54) is 12.3 Å². The summed E-state index contributed by atoms with van der Waals surface area (Å²) in [4.78, 5) is 26.1. The molecule has 1 aromatic rings. The largest absolute Gasteiger partial charge is 0.478 e. The van der Waals surface area contributed by atoms with Gasteiger partial charge in [-0.1, -0.05) is 23.8 Å². The Kier molecular flexibility index (Phi) is 5.72. The maximum Gasteiger partial charge on any atom is 0.407 e. The van der Waals surface area contributed by atoms with Crippen molar-refractivity contribution >= 4 is 29.7 Å². The summed E-state index contributed by atoms with van der Waals surface area (Å²) in [6.07, 6.45) is 4.21. The standard InChI is InChI=1S/C14H17ClN2O4/c1-14(2,3)21-13(20)16-6-4-5-9-7-10(12(18)19)11(15)17-8-9/h4-5,7-8H,6H2,1-3H3,(H,16,20)(H,18,19). The zero-order valence-electron chi connectivity index (χ0n) is 12.0. The normalized spacial score (nSPS) is 11.4. The van der Waals surface area contributed by atoms with Gasteiger partial charge in [-0.05, 0) is 32.4 Å². The SMILES string of the molecule is CC(C)(C)OC(=O)NCC=Cc1cnc(Cl)c(C(=O)O)c1. The molecule has 0 aliphatic rings. The fraction of sp³-hybridized carbons (Fsp3) is 0.357. The van der Waals surface area contributed by atoms with E-state index in [4.69, 9.17) is 21.4 Å². The topological polar surface area (TPSA) is 88.5 Å². The maximum atomic E-state index is 11.4. The molecule has 0 saturated carbocycles. The van der Waals surface area contributed by atoms with E-state index in [0.717, 1.165) is 0 Å². The first-order chi connectivity index (χ1) is 9.69. The minimum atomic E-state index is -1.14. The van der Waals surface area contributed by atoms with Crippen LogP contribution in [0.25, 0.3) is 6.08 Å². The summed E-state index contributed by atoms with van der Waals surface area (Å²) in [5.74, 6) is -1.14. The van der Waals surface area contributed by atoms with Crippen LogP contribution in [0.2, 0.25) is 5.15 Å². The highest BCUT2D eigenvalue weighted by Gasteiger charge is 2.15. The number of ether oxygens (including phenoxy) is 1. The van der Waals surface area contributed by atoms with Gasteiger partial charge in [0.1, 0.15) is 10.8 Å².